The third-order valence-corrected chi connectivity index (χ3v) is 4.83. The highest BCUT2D eigenvalue weighted by molar-refractivity contribution is 8.93. The second kappa shape index (κ2) is 6.14. The molecule has 0 aliphatic carbocycles. The van der Waals surface area contributed by atoms with Gasteiger partial charge in [-0.25, -0.2) is 0 Å². The molecule has 0 aromatic carbocycles. The molecule has 3 rings (SSSR count). The van der Waals surface area contributed by atoms with Crippen molar-refractivity contribution in [1.82, 2.24) is 9.69 Å². The van der Waals surface area contributed by atoms with Gasteiger partial charge in [0.15, 0.2) is 0 Å². The van der Waals surface area contributed by atoms with Crippen LogP contribution < -0.4 is 5.32 Å². The smallest absolute Gasteiger partial charge is 0.226 e. The number of piperidine rings is 1. The molecule has 98 valence electrons. The molecule has 1 aliphatic rings. The molecular weight excluding hydrogens is 332 g/mol. The minimum atomic E-state index is 0. The van der Waals surface area contributed by atoms with Gasteiger partial charge >= 0.3 is 0 Å². The first-order valence-corrected chi connectivity index (χ1v) is 7.49. The van der Waals surface area contributed by atoms with Gasteiger partial charge in [-0.2, -0.15) is 15.7 Å². The topological polar surface area (TPSA) is 45.2 Å². The number of halogens is 1. The van der Waals surface area contributed by atoms with E-state index in [0.717, 1.165) is 36.4 Å². The molecule has 0 atom stereocenters. The second-order valence-electron chi connectivity index (χ2n) is 4.29. The lowest BCUT2D eigenvalue weighted by Crippen LogP contribution is -2.26. The van der Waals surface area contributed by atoms with Crippen LogP contribution in [0.4, 0.5) is 0 Å². The first-order chi connectivity index (χ1) is 8.36. The largest absolute Gasteiger partial charge is 0.492 e. The molecule has 1 aliphatic heterocycles. The third kappa shape index (κ3) is 2.61. The van der Waals surface area contributed by atoms with Gasteiger partial charge in [0, 0.05) is 11.1 Å². The summed E-state index contributed by atoms with van der Waals surface area (Å²) in [6.07, 6.45) is 2.17. The lowest BCUT2D eigenvalue weighted by molar-refractivity contribution is 0.418. The normalized spacial score (nSPS) is 16.4. The summed E-state index contributed by atoms with van der Waals surface area (Å²) >= 11 is 3.10. The maximum absolute atomic E-state index is 9.96. The molecule has 0 spiro atoms. The summed E-state index contributed by atoms with van der Waals surface area (Å²) in [6, 6.07) is 2.10. The Labute approximate surface area is 125 Å². The van der Waals surface area contributed by atoms with Crippen LogP contribution in [0.1, 0.15) is 24.3 Å². The standard InChI is InChI=1S/C12H14N2OS2.BrH/c15-12-10(8-1-4-13-5-2-8)11(17-14-12)9-3-6-16-7-9;/h3,6-8,13H,1-2,4-5H2,(H,14,15);1H. The number of hydrogen-bond acceptors (Lipinski definition) is 5. The van der Waals surface area contributed by atoms with Gasteiger partial charge in [-0.05, 0) is 60.2 Å². The van der Waals surface area contributed by atoms with Crippen LogP contribution in [0.15, 0.2) is 16.8 Å². The van der Waals surface area contributed by atoms with E-state index in [1.54, 1.807) is 11.3 Å². The zero-order valence-electron chi connectivity index (χ0n) is 9.76. The highest BCUT2D eigenvalue weighted by atomic mass is 79.9. The maximum Gasteiger partial charge on any atom is 0.226 e. The van der Waals surface area contributed by atoms with Crippen molar-refractivity contribution in [3.63, 3.8) is 0 Å². The third-order valence-electron chi connectivity index (χ3n) is 3.24. The molecule has 0 unspecified atom stereocenters. The Morgan fingerprint density at radius 3 is 2.78 bits per heavy atom. The highest BCUT2D eigenvalue weighted by Gasteiger charge is 2.25. The average molecular weight is 347 g/mol. The van der Waals surface area contributed by atoms with E-state index in [2.05, 4.69) is 26.5 Å². The molecule has 0 amide bonds. The summed E-state index contributed by atoms with van der Waals surface area (Å²) in [7, 11) is 0. The van der Waals surface area contributed by atoms with E-state index in [1.165, 1.54) is 17.1 Å². The number of rotatable bonds is 2. The molecule has 3 nitrogen and oxygen atoms in total. The van der Waals surface area contributed by atoms with Gasteiger partial charge in [0.2, 0.25) is 5.88 Å². The van der Waals surface area contributed by atoms with Crippen LogP contribution in [-0.4, -0.2) is 22.6 Å². The Morgan fingerprint density at radius 1 is 1.33 bits per heavy atom. The Morgan fingerprint density at radius 2 is 2.11 bits per heavy atom. The zero-order valence-corrected chi connectivity index (χ0v) is 13.1. The fraction of sp³-hybridized carbons (Fsp3) is 0.417. The van der Waals surface area contributed by atoms with Crippen LogP contribution in [0.5, 0.6) is 5.88 Å². The van der Waals surface area contributed by atoms with E-state index in [9.17, 15) is 5.11 Å². The second-order valence-corrected chi connectivity index (χ2v) is 5.84. The van der Waals surface area contributed by atoms with Crippen molar-refractivity contribution >= 4 is 39.9 Å². The van der Waals surface area contributed by atoms with Gasteiger partial charge < -0.3 is 10.4 Å². The van der Waals surface area contributed by atoms with Crippen molar-refractivity contribution in [1.29, 1.82) is 0 Å². The Hall–Kier alpha value is -0.430. The number of aromatic hydroxyl groups is 1. The van der Waals surface area contributed by atoms with E-state index in [1.807, 2.05) is 0 Å². The summed E-state index contributed by atoms with van der Waals surface area (Å²) in [4.78, 5) is 1.15. The zero-order chi connectivity index (χ0) is 11.7. The minimum Gasteiger partial charge on any atom is -0.492 e. The number of hydrogen-bond donors (Lipinski definition) is 2. The molecule has 0 bridgehead atoms. The average Bonchev–Trinajstić information content (AvgIpc) is 2.98. The van der Waals surface area contributed by atoms with E-state index in [4.69, 9.17) is 0 Å². The summed E-state index contributed by atoms with van der Waals surface area (Å²) in [6.45, 7) is 2.06. The van der Waals surface area contributed by atoms with E-state index in [-0.39, 0.29) is 22.9 Å². The minimum absolute atomic E-state index is 0. The predicted octanol–water partition coefficient (Wildman–Crippen LogP) is 3.62. The van der Waals surface area contributed by atoms with Crippen molar-refractivity contribution in [2.75, 3.05) is 13.1 Å². The molecule has 1 saturated heterocycles. The van der Waals surface area contributed by atoms with Crippen LogP contribution >= 0.6 is 39.9 Å². The van der Waals surface area contributed by atoms with Gasteiger partial charge in [-0.3, -0.25) is 0 Å². The Kier molecular flexibility index (Phi) is 4.77. The lowest BCUT2D eigenvalue weighted by Gasteiger charge is -2.22. The van der Waals surface area contributed by atoms with Crippen molar-refractivity contribution in [2.45, 2.75) is 18.8 Å². The Bertz CT molecular complexity index is 492. The molecule has 2 N–H and O–H groups in total. The lowest BCUT2D eigenvalue weighted by atomic mass is 9.89. The highest BCUT2D eigenvalue weighted by Crippen LogP contribution is 2.42. The van der Waals surface area contributed by atoms with Crippen molar-refractivity contribution in [2.24, 2.45) is 0 Å². The van der Waals surface area contributed by atoms with Crippen LogP contribution in [0.25, 0.3) is 10.4 Å². The first kappa shape index (κ1) is 14.0. The fourth-order valence-electron chi connectivity index (χ4n) is 2.37. The van der Waals surface area contributed by atoms with E-state index >= 15 is 0 Å². The monoisotopic (exact) mass is 346 g/mol. The molecule has 3 heterocycles. The van der Waals surface area contributed by atoms with Crippen LogP contribution in [0.2, 0.25) is 0 Å². The predicted molar refractivity (Wildman–Crippen MR) is 82.3 cm³/mol. The summed E-state index contributed by atoms with van der Waals surface area (Å²) < 4.78 is 4.13. The molecule has 0 radical (unpaired) electrons. The molecular formula is C12H15BrN2OS2. The number of thiophene rings is 1. The van der Waals surface area contributed by atoms with Crippen LogP contribution in [0.3, 0.4) is 0 Å². The molecule has 2 aromatic rings. The number of nitrogens with zero attached hydrogens (tertiary/aromatic N) is 1. The van der Waals surface area contributed by atoms with Gasteiger partial charge in [0.25, 0.3) is 0 Å². The van der Waals surface area contributed by atoms with Crippen molar-refractivity contribution in [3.05, 3.63) is 22.4 Å². The van der Waals surface area contributed by atoms with Gasteiger partial charge in [0.05, 0.1) is 4.88 Å². The van der Waals surface area contributed by atoms with E-state index < -0.39 is 0 Å². The quantitative estimate of drug-likeness (QED) is 0.872. The van der Waals surface area contributed by atoms with Crippen LogP contribution in [0, 0.1) is 0 Å². The van der Waals surface area contributed by atoms with E-state index in [0.29, 0.717) is 5.92 Å². The number of nitrogens with one attached hydrogen (secondary N) is 1. The van der Waals surface area contributed by atoms with Crippen LogP contribution in [-0.2, 0) is 0 Å². The molecule has 0 saturated carbocycles. The van der Waals surface area contributed by atoms with Crippen molar-refractivity contribution in [3.8, 4) is 16.3 Å². The molecule has 18 heavy (non-hydrogen) atoms. The molecule has 1 fully saturated rings. The number of aromatic nitrogens is 1. The first-order valence-electron chi connectivity index (χ1n) is 5.78. The SMILES string of the molecule is Br.Oc1nsc(-c2ccsc2)c1C1CCNCC1. The van der Waals surface area contributed by atoms with Gasteiger partial charge in [0.1, 0.15) is 0 Å². The summed E-state index contributed by atoms with van der Waals surface area (Å²) in [5.74, 6) is 0.688. The fourth-order valence-corrected chi connectivity index (χ4v) is 3.96. The molecule has 6 heteroatoms. The van der Waals surface area contributed by atoms with Crippen molar-refractivity contribution < 1.29 is 5.11 Å². The maximum atomic E-state index is 9.96. The van der Waals surface area contributed by atoms with Gasteiger partial charge in [-0.15, -0.1) is 17.0 Å². The molecule has 2 aromatic heterocycles. The van der Waals surface area contributed by atoms with Gasteiger partial charge in [-0.1, -0.05) is 0 Å². The summed E-state index contributed by atoms with van der Waals surface area (Å²) in [5.41, 5.74) is 2.26. The summed E-state index contributed by atoms with van der Waals surface area (Å²) in [5, 5.41) is 17.5. The Balaban J connectivity index is 0.00000120.